The van der Waals surface area contributed by atoms with Gasteiger partial charge in [-0.1, -0.05) is 17.7 Å². The molecule has 1 fully saturated rings. The number of carbonyl (C=O) groups is 1. The monoisotopic (exact) mass is 386 g/mol. The number of nitrogens with zero attached hydrogens (tertiary/aromatic N) is 4. The number of amides is 1. The predicted octanol–water partition coefficient (Wildman–Crippen LogP) is 3.62. The first kappa shape index (κ1) is 19.1. The molecule has 0 unspecified atom stereocenters. The van der Waals surface area contributed by atoms with E-state index < -0.39 is 5.82 Å². The van der Waals surface area contributed by atoms with Crippen molar-refractivity contribution in [2.45, 2.75) is 19.4 Å². The Balaban J connectivity index is 1.58. The molecule has 140 valence electrons. The van der Waals surface area contributed by atoms with Crippen LogP contribution in [0.1, 0.15) is 24.0 Å². The quantitative estimate of drug-likeness (QED) is 0.805. The molecule has 0 atom stereocenters. The lowest BCUT2D eigenvalue weighted by Gasteiger charge is -2.34. The number of benzene rings is 1. The Hall–Kier alpha value is -2.65. The van der Waals surface area contributed by atoms with Gasteiger partial charge in [-0.2, -0.15) is 5.26 Å². The number of nitriles is 1. The zero-order valence-electron chi connectivity index (χ0n) is 15.0. The van der Waals surface area contributed by atoms with E-state index in [1.807, 2.05) is 6.07 Å². The van der Waals surface area contributed by atoms with Gasteiger partial charge in [0, 0.05) is 49.4 Å². The third-order valence-corrected chi connectivity index (χ3v) is 5.23. The number of halogens is 2. The summed E-state index contributed by atoms with van der Waals surface area (Å²) in [5, 5.41) is 9.18. The molecule has 0 spiro atoms. The predicted molar refractivity (Wildman–Crippen MR) is 102 cm³/mol. The zero-order chi connectivity index (χ0) is 19.4. The molecule has 1 aliphatic heterocycles. The molecule has 0 aliphatic carbocycles. The van der Waals surface area contributed by atoms with Crippen LogP contribution < -0.4 is 4.90 Å². The second kappa shape index (κ2) is 8.36. The maximum atomic E-state index is 14.0. The largest absolute Gasteiger partial charge is 0.357 e. The number of rotatable bonds is 4. The highest BCUT2D eigenvalue weighted by Gasteiger charge is 2.28. The van der Waals surface area contributed by atoms with Gasteiger partial charge in [-0.3, -0.25) is 4.79 Å². The van der Waals surface area contributed by atoms with Gasteiger partial charge in [0.25, 0.3) is 0 Å². The van der Waals surface area contributed by atoms with Crippen LogP contribution in [0.15, 0.2) is 36.5 Å². The van der Waals surface area contributed by atoms with Crippen molar-refractivity contribution in [3.63, 3.8) is 0 Å². The summed E-state index contributed by atoms with van der Waals surface area (Å²) in [5.74, 6) is 0.312. The summed E-state index contributed by atoms with van der Waals surface area (Å²) in [5.41, 5.74) is 0.867. The summed E-state index contributed by atoms with van der Waals surface area (Å²) in [6.45, 7) is 1.58. The van der Waals surface area contributed by atoms with E-state index >= 15 is 0 Å². The summed E-state index contributed by atoms with van der Waals surface area (Å²) < 4.78 is 14.0. The molecule has 0 saturated carbocycles. The van der Waals surface area contributed by atoms with Gasteiger partial charge in [-0.15, -0.1) is 0 Å². The maximum absolute atomic E-state index is 14.0. The highest BCUT2D eigenvalue weighted by molar-refractivity contribution is 6.31. The lowest BCUT2D eigenvalue weighted by atomic mass is 9.95. The van der Waals surface area contributed by atoms with E-state index in [1.165, 1.54) is 6.07 Å². The van der Waals surface area contributed by atoms with Gasteiger partial charge >= 0.3 is 0 Å². The molecule has 0 radical (unpaired) electrons. The number of hydrogen-bond donors (Lipinski definition) is 0. The smallest absolute Gasteiger partial charge is 0.225 e. The van der Waals surface area contributed by atoms with Gasteiger partial charge in [0.1, 0.15) is 17.7 Å². The molecule has 1 aliphatic rings. The Bertz CT molecular complexity index is 837. The summed E-state index contributed by atoms with van der Waals surface area (Å²) in [7, 11) is 1.68. The Morgan fingerprint density at radius 3 is 2.70 bits per heavy atom. The number of piperidine rings is 1. The average molecular weight is 387 g/mol. The fraction of sp³-hybridized carbons (Fsp3) is 0.350. The van der Waals surface area contributed by atoms with Crippen LogP contribution in [-0.4, -0.2) is 35.9 Å². The van der Waals surface area contributed by atoms with E-state index in [0.717, 1.165) is 5.82 Å². The molecule has 1 aromatic carbocycles. The Labute approximate surface area is 163 Å². The SMILES string of the molecule is CN(Cc1c(F)cccc1Cl)C(=O)C1CCN(c2ccc(C#N)cn2)CC1. The van der Waals surface area contributed by atoms with Crippen LogP contribution in [-0.2, 0) is 11.3 Å². The van der Waals surface area contributed by atoms with Crippen molar-refractivity contribution in [1.29, 1.82) is 5.26 Å². The molecule has 0 bridgehead atoms. The number of aromatic nitrogens is 1. The van der Waals surface area contributed by atoms with Gasteiger partial charge < -0.3 is 9.80 Å². The van der Waals surface area contributed by atoms with Crippen molar-refractivity contribution < 1.29 is 9.18 Å². The fourth-order valence-corrected chi connectivity index (χ4v) is 3.53. The van der Waals surface area contributed by atoms with Crippen LogP contribution in [0.5, 0.6) is 0 Å². The number of hydrogen-bond acceptors (Lipinski definition) is 4. The minimum Gasteiger partial charge on any atom is -0.357 e. The van der Waals surface area contributed by atoms with Gasteiger partial charge in [0.05, 0.1) is 5.56 Å². The Morgan fingerprint density at radius 1 is 1.37 bits per heavy atom. The van der Waals surface area contributed by atoms with Crippen LogP contribution in [0.2, 0.25) is 5.02 Å². The molecule has 7 heteroatoms. The summed E-state index contributed by atoms with van der Waals surface area (Å²) in [6, 6.07) is 10.1. The second-order valence-corrected chi connectivity index (χ2v) is 7.08. The van der Waals surface area contributed by atoms with Crippen LogP contribution >= 0.6 is 11.6 Å². The van der Waals surface area contributed by atoms with Crippen LogP contribution in [0.3, 0.4) is 0 Å². The molecule has 3 rings (SSSR count). The normalized spacial score (nSPS) is 14.7. The Kier molecular flexibility index (Phi) is 5.92. The van der Waals surface area contributed by atoms with Gasteiger partial charge in [0.2, 0.25) is 5.91 Å². The standard InChI is InChI=1S/C20H20ClFN4O/c1-25(13-16-17(21)3-2-4-18(16)22)20(27)15-7-9-26(10-8-15)19-6-5-14(11-23)12-24-19/h2-6,12,15H,7-10,13H2,1H3. The van der Waals surface area contributed by atoms with Crippen molar-refractivity contribution >= 4 is 23.3 Å². The minimum absolute atomic E-state index is 0.00163. The van der Waals surface area contributed by atoms with Crippen molar-refractivity contribution in [2.24, 2.45) is 5.92 Å². The minimum atomic E-state index is -0.399. The first-order valence-electron chi connectivity index (χ1n) is 8.78. The number of pyridine rings is 1. The number of carbonyl (C=O) groups excluding carboxylic acids is 1. The van der Waals surface area contributed by atoms with E-state index in [2.05, 4.69) is 16.0 Å². The van der Waals surface area contributed by atoms with E-state index in [0.29, 0.717) is 42.1 Å². The van der Waals surface area contributed by atoms with Crippen molar-refractivity contribution in [2.75, 3.05) is 25.0 Å². The number of anilines is 1. The molecule has 27 heavy (non-hydrogen) atoms. The topological polar surface area (TPSA) is 60.2 Å². The molecule has 0 N–H and O–H groups in total. The average Bonchev–Trinajstić information content (AvgIpc) is 2.70. The first-order valence-corrected chi connectivity index (χ1v) is 9.16. The third-order valence-electron chi connectivity index (χ3n) is 4.88. The van der Waals surface area contributed by atoms with E-state index in [-0.39, 0.29) is 18.4 Å². The highest BCUT2D eigenvalue weighted by Crippen LogP contribution is 2.25. The van der Waals surface area contributed by atoms with Crippen molar-refractivity contribution in [3.05, 3.63) is 58.5 Å². The molecular formula is C20H20ClFN4O. The molecule has 1 aromatic heterocycles. The molecular weight excluding hydrogens is 367 g/mol. The fourth-order valence-electron chi connectivity index (χ4n) is 3.30. The van der Waals surface area contributed by atoms with E-state index in [1.54, 1.807) is 36.3 Å². The molecule has 1 saturated heterocycles. The van der Waals surface area contributed by atoms with E-state index in [4.69, 9.17) is 16.9 Å². The van der Waals surface area contributed by atoms with Gasteiger partial charge in [-0.25, -0.2) is 9.37 Å². The zero-order valence-corrected chi connectivity index (χ0v) is 15.8. The van der Waals surface area contributed by atoms with Gasteiger partial charge in [-0.05, 0) is 37.1 Å². The molecule has 2 heterocycles. The molecule has 2 aromatic rings. The van der Waals surface area contributed by atoms with Crippen molar-refractivity contribution in [3.8, 4) is 6.07 Å². The summed E-state index contributed by atoms with van der Waals surface area (Å²) >= 11 is 6.06. The first-order chi connectivity index (χ1) is 13.0. The van der Waals surface area contributed by atoms with Crippen LogP contribution in [0.4, 0.5) is 10.2 Å². The van der Waals surface area contributed by atoms with E-state index in [9.17, 15) is 9.18 Å². The van der Waals surface area contributed by atoms with Crippen LogP contribution in [0.25, 0.3) is 0 Å². The van der Waals surface area contributed by atoms with Crippen LogP contribution in [0, 0.1) is 23.1 Å². The second-order valence-electron chi connectivity index (χ2n) is 6.67. The summed E-state index contributed by atoms with van der Waals surface area (Å²) in [4.78, 5) is 20.7. The Morgan fingerprint density at radius 2 is 2.11 bits per heavy atom. The highest BCUT2D eigenvalue weighted by atomic mass is 35.5. The lowest BCUT2D eigenvalue weighted by molar-refractivity contribution is -0.135. The molecule has 1 amide bonds. The maximum Gasteiger partial charge on any atom is 0.225 e. The van der Waals surface area contributed by atoms with Crippen molar-refractivity contribution in [1.82, 2.24) is 9.88 Å². The third kappa shape index (κ3) is 4.37. The van der Waals surface area contributed by atoms with Gasteiger partial charge in [0.15, 0.2) is 0 Å². The summed E-state index contributed by atoms with van der Waals surface area (Å²) in [6.07, 6.45) is 2.96. The molecule has 5 nitrogen and oxygen atoms in total. The lowest BCUT2D eigenvalue weighted by Crippen LogP contribution is -2.41.